The topological polar surface area (TPSA) is 63.2 Å². The summed E-state index contributed by atoms with van der Waals surface area (Å²) in [6, 6.07) is 4.22. The highest BCUT2D eigenvalue weighted by molar-refractivity contribution is 8.13. The zero-order chi connectivity index (χ0) is 14.0. The third-order valence-electron chi connectivity index (χ3n) is 3.15. The number of amides is 1. The van der Waals surface area contributed by atoms with E-state index in [-0.39, 0.29) is 27.4 Å². The largest absolute Gasteiger partial charge is 0.349 e. The molecule has 1 fully saturated rings. The Morgan fingerprint density at radius 2 is 1.89 bits per heavy atom. The highest BCUT2D eigenvalue weighted by Crippen LogP contribution is 2.26. The van der Waals surface area contributed by atoms with Gasteiger partial charge in [0.1, 0.15) is 4.90 Å². The number of hydrogen-bond donors (Lipinski definition) is 1. The smallest absolute Gasteiger partial charge is 0.262 e. The maximum atomic E-state index is 12.0. The predicted molar refractivity (Wildman–Crippen MR) is 74.2 cm³/mol. The minimum absolute atomic E-state index is 0.00687. The molecule has 1 aromatic rings. The molecule has 1 N–H and O–H groups in total. The minimum atomic E-state index is -3.96. The van der Waals surface area contributed by atoms with Gasteiger partial charge in [-0.1, -0.05) is 24.4 Å². The van der Waals surface area contributed by atoms with Gasteiger partial charge in [0, 0.05) is 22.3 Å². The molecular weight excluding hydrogens is 309 g/mol. The lowest BCUT2D eigenvalue weighted by atomic mass is 10.2. The maximum Gasteiger partial charge on any atom is 0.262 e. The molecule has 1 amide bonds. The van der Waals surface area contributed by atoms with Gasteiger partial charge in [-0.3, -0.25) is 4.79 Å². The van der Waals surface area contributed by atoms with Gasteiger partial charge in [-0.15, -0.1) is 0 Å². The van der Waals surface area contributed by atoms with E-state index in [1.165, 1.54) is 18.2 Å². The van der Waals surface area contributed by atoms with Crippen molar-refractivity contribution >= 4 is 37.2 Å². The first-order valence-corrected chi connectivity index (χ1v) is 8.62. The van der Waals surface area contributed by atoms with Gasteiger partial charge in [0.15, 0.2) is 0 Å². The Kier molecular flexibility index (Phi) is 4.38. The molecule has 4 nitrogen and oxygen atoms in total. The van der Waals surface area contributed by atoms with Crippen molar-refractivity contribution in [1.82, 2.24) is 5.32 Å². The Bertz CT molecular complexity index is 595. The number of halogens is 2. The zero-order valence-corrected chi connectivity index (χ0v) is 12.4. The third-order valence-corrected chi connectivity index (χ3v) is 4.95. The number of carbonyl (C=O) groups excluding carboxylic acids is 1. The summed E-state index contributed by atoms with van der Waals surface area (Å²) in [5.41, 5.74) is 0.246. The lowest BCUT2D eigenvalue weighted by Crippen LogP contribution is -2.32. The van der Waals surface area contributed by atoms with Crippen molar-refractivity contribution in [3.63, 3.8) is 0 Å². The molecule has 0 heterocycles. The molecule has 0 radical (unpaired) electrons. The first kappa shape index (κ1) is 14.6. The van der Waals surface area contributed by atoms with Crippen LogP contribution in [-0.4, -0.2) is 20.4 Å². The number of rotatable bonds is 3. The Labute approximate surface area is 121 Å². The van der Waals surface area contributed by atoms with E-state index in [0.717, 1.165) is 25.7 Å². The standard InChI is InChI=1S/C12H13Cl2NO3S/c13-10-6-5-8(7-11(10)19(14,17)18)12(16)15-9-3-1-2-4-9/h5-7,9H,1-4H2,(H,15,16). The van der Waals surface area contributed by atoms with E-state index in [1.54, 1.807) is 0 Å². The fourth-order valence-corrected chi connectivity index (χ4v) is 3.66. The summed E-state index contributed by atoms with van der Waals surface area (Å²) in [5, 5.41) is 2.88. The Morgan fingerprint density at radius 1 is 1.26 bits per heavy atom. The van der Waals surface area contributed by atoms with Crippen LogP contribution in [0.5, 0.6) is 0 Å². The van der Waals surface area contributed by atoms with Gasteiger partial charge >= 0.3 is 0 Å². The molecule has 1 aromatic carbocycles. The molecule has 0 atom stereocenters. The number of hydrogen-bond acceptors (Lipinski definition) is 3. The van der Waals surface area contributed by atoms with Crippen molar-refractivity contribution in [1.29, 1.82) is 0 Å². The Hall–Kier alpha value is -0.780. The van der Waals surface area contributed by atoms with Crippen LogP contribution in [0, 0.1) is 0 Å². The van der Waals surface area contributed by atoms with Gasteiger partial charge in [-0.2, -0.15) is 0 Å². The minimum Gasteiger partial charge on any atom is -0.349 e. The number of nitrogens with one attached hydrogen (secondary N) is 1. The summed E-state index contributed by atoms with van der Waals surface area (Å²) in [7, 11) is 1.31. The van der Waals surface area contributed by atoms with E-state index in [0.29, 0.717) is 0 Å². The van der Waals surface area contributed by atoms with Gasteiger partial charge in [0.25, 0.3) is 15.0 Å². The second-order valence-corrected chi connectivity index (χ2v) is 7.48. The molecule has 1 aliphatic rings. The molecule has 0 saturated heterocycles. The second-order valence-electron chi connectivity index (χ2n) is 4.54. The van der Waals surface area contributed by atoms with Crippen LogP contribution in [0.4, 0.5) is 0 Å². The number of carbonyl (C=O) groups is 1. The fraction of sp³-hybridized carbons (Fsp3) is 0.417. The molecule has 2 rings (SSSR count). The molecule has 0 aliphatic heterocycles. The molecule has 104 valence electrons. The van der Waals surface area contributed by atoms with Crippen molar-refractivity contribution in [2.24, 2.45) is 0 Å². The van der Waals surface area contributed by atoms with E-state index >= 15 is 0 Å². The van der Waals surface area contributed by atoms with Gasteiger partial charge in [0.05, 0.1) is 5.02 Å². The fourth-order valence-electron chi connectivity index (χ4n) is 2.17. The highest BCUT2D eigenvalue weighted by atomic mass is 35.7. The highest BCUT2D eigenvalue weighted by Gasteiger charge is 2.21. The summed E-state index contributed by atoms with van der Waals surface area (Å²) in [6.07, 6.45) is 4.12. The average molecular weight is 322 g/mol. The maximum absolute atomic E-state index is 12.0. The molecule has 0 unspecified atom stereocenters. The van der Waals surface area contributed by atoms with Crippen molar-refractivity contribution in [2.45, 2.75) is 36.6 Å². The van der Waals surface area contributed by atoms with Crippen LogP contribution in [0.3, 0.4) is 0 Å². The summed E-state index contributed by atoms with van der Waals surface area (Å²) < 4.78 is 22.6. The molecule has 0 bridgehead atoms. The van der Waals surface area contributed by atoms with Crippen LogP contribution in [0.25, 0.3) is 0 Å². The first-order chi connectivity index (χ1) is 8.88. The van der Waals surface area contributed by atoms with Gasteiger partial charge in [0.2, 0.25) is 0 Å². The van der Waals surface area contributed by atoms with Crippen LogP contribution in [0.1, 0.15) is 36.0 Å². The van der Waals surface area contributed by atoms with E-state index in [2.05, 4.69) is 5.32 Å². The van der Waals surface area contributed by atoms with E-state index in [1.807, 2.05) is 0 Å². The SMILES string of the molecule is O=C(NC1CCCC1)c1ccc(Cl)c(S(=O)(=O)Cl)c1. The van der Waals surface area contributed by atoms with E-state index in [9.17, 15) is 13.2 Å². The van der Waals surface area contributed by atoms with Crippen molar-refractivity contribution in [3.8, 4) is 0 Å². The number of benzene rings is 1. The summed E-state index contributed by atoms with van der Waals surface area (Å²) in [4.78, 5) is 11.8. The van der Waals surface area contributed by atoms with Crippen molar-refractivity contribution in [3.05, 3.63) is 28.8 Å². The third kappa shape index (κ3) is 3.61. The van der Waals surface area contributed by atoms with Crippen molar-refractivity contribution in [2.75, 3.05) is 0 Å². The van der Waals surface area contributed by atoms with E-state index < -0.39 is 9.05 Å². The molecular formula is C12H13Cl2NO3S. The van der Waals surface area contributed by atoms with Crippen LogP contribution in [0.15, 0.2) is 23.1 Å². The second kappa shape index (κ2) is 5.69. The zero-order valence-electron chi connectivity index (χ0n) is 10.0. The van der Waals surface area contributed by atoms with Crippen molar-refractivity contribution < 1.29 is 13.2 Å². The lowest BCUT2D eigenvalue weighted by molar-refractivity contribution is 0.0937. The molecule has 0 aromatic heterocycles. The van der Waals surface area contributed by atoms with Gasteiger partial charge in [-0.05, 0) is 31.0 Å². The van der Waals surface area contributed by atoms with Crippen LogP contribution in [-0.2, 0) is 9.05 Å². The molecule has 1 aliphatic carbocycles. The summed E-state index contributed by atoms with van der Waals surface area (Å²) in [6.45, 7) is 0. The van der Waals surface area contributed by atoms with Crippen LogP contribution < -0.4 is 5.32 Å². The van der Waals surface area contributed by atoms with Gasteiger partial charge in [-0.25, -0.2) is 8.42 Å². The molecule has 1 saturated carbocycles. The Morgan fingerprint density at radius 3 is 2.47 bits per heavy atom. The first-order valence-electron chi connectivity index (χ1n) is 5.93. The van der Waals surface area contributed by atoms with Gasteiger partial charge < -0.3 is 5.32 Å². The predicted octanol–water partition coefficient (Wildman–Crippen LogP) is 2.94. The lowest BCUT2D eigenvalue weighted by Gasteiger charge is -2.12. The monoisotopic (exact) mass is 321 g/mol. The van der Waals surface area contributed by atoms with Crippen LogP contribution >= 0.6 is 22.3 Å². The van der Waals surface area contributed by atoms with E-state index in [4.69, 9.17) is 22.3 Å². The normalized spacial score (nSPS) is 16.5. The van der Waals surface area contributed by atoms with Crippen LogP contribution in [0.2, 0.25) is 5.02 Å². The summed E-state index contributed by atoms with van der Waals surface area (Å²) >= 11 is 5.76. The summed E-state index contributed by atoms with van der Waals surface area (Å²) in [5.74, 6) is -0.301. The molecule has 19 heavy (non-hydrogen) atoms. The molecule has 0 spiro atoms. The molecule has 7 heteroatoms. The average Bonchev–Trinajstić information content (AvgIpc) is 2.80. The quantitative estimate of drug-likeness (QED) is 0.870. The Balaban J connectivity index is 2.23.